The highest BCUT2D eigenvalue weighted by Gasteiger charge is 2.28. The largest absolute Gasteiger partial charge is 0.389 e. The van der Waals surface area contributed by atoms with E-state index in [2.05, 4.69) is 22.3 Å². The van der Waals surface area contributed by atoms with E-state index in [4.69, 9.17) is 21.6 Å². The summed E-state index contributed by atoms with van der Waals surface area (Å²) in [5, 5.41) is 14.0. The lowest BCUT2D eigenvalue weighted by Crippen LogP contribution is -2.31. The fourth-order valence-electron chi connectivity index (χ4n) is 3.95. The summed E-state index contributed by atoms with van der Waals surface area (Å²) in [6.45, 7) is 3.52. The quantitative estimate of drug-likeness (QED) is 0.581. The third-order valence-electron chi connectivity index (χ3n) is 5.82. The highest BCUT2D eigenvalue weighted by Crippen LogP contribution is 2.40. The van der Waals surface area contributed by atoms with E-state index in [0.29, 0.717) is 10.9 Å². The topological polar surface area (TPSA) is 61.3 Å². The fourth-order valence-corrected chi connectivity index (χ4v) is 4.14. The van der Waals surface area contributed by atoms with Gasteiger partial charge in [-0.2, -0.15) is 0 Å². The lowest BCUT2D eigenvalue weighted by atomic mass is 9.96. The lowest BCUT2D eigenvalue weighted by Gasteiger charge is -2.30. The van der Waals surface area contributed by atoms with E-state index in [9.17, 15) is 5.11 Å². The van der Waals surface area contributed by atoms with Crippen LogP contribution in [0.5, 0.6) is 0 Å². The molecule has 1 aromatic heterocycles. The summed E-state index contributed by atoms with van der Waals surface area (Å²) in [6.07, 6.45) is 2.82. The highest BCUT2D eigenvalue weighted by molar-refractivity contribution is 6.30. The summed E-state index contributed by atoms with van der Waals surface area (Å²) in [4.78, 5) is 12.0. The van der Waals surface area contributed by atoms with E-state index < -0.39 is 6.10 Å². The van der Waals surface area contributed by atoms with Gasteiger partial charge in [0.2, 0.25) is 0 Å². The van der Waals surface area contributed by atoms with Crippen LogP contribution in [-0.4, -0.2) is 21.6 Å². The minimum atomic E-state index is -0.434. The summed E-state index contributed by atoms with van der Waals surface area (Å²) >= 11 is 6.14. The predicted octanol–water partition coefficient (Wildman–Crippen LogP) is 5.37. The van der Waals surface area contributed by atoms with Gasteiger partial charge in [-0.25, -0.2) is 9.97 Å². The molecule has 1 saturated carbocycles. The summed E-state index contributed by atoms with van der Waals surface area (Å²) in [5.41, 5.74) is 4.51. The molecule has 2 heterocycles. The number of nitrogens with one attached hydrogen (secondary N) is 1. The number of hydrogen-bond donors (Lipinski definition) is 2. The van der Waals surface area contributed by atoms with Crippen molar-refractivity contribution in [3.63, 3.8) is 0 Å². The number of fused-ring (bicyclic) bond motifs is 1. The maximum Gasteiger partial charge on any atom is 0.136 e. The number of benzene rings is 2. The fraction of sp³-hybridized carbons (Fsp3) is 0.333. The smallest absolute Gasteiger partial charge is 0.136 e. The minimum absolute atomic E-state index is 0.434. The Kier molecular flexibility index (Phi) is 5.09. The van der Waals surface area contributed by atoms with Crippen molar-refractivity contribution in [3.05, 3.63) is 76.1 Å². The molecule has 154 valence electrons. The lowest BCUT2D eigenvalue weighted by molar-refractivity contribution is 0.199. The maximum atomic E-state index is 9.87. The molecule has 1 fully saturated rings. The molecule has 0 spiro atoms. The molecule has 5 rings (SSSR count). The highest BCUT2D eigenvalue weighted by atomic mass is 35.5. The number of nitrogens with zero attached hydrogens (tertiary/aromatic N) is 3. The number of aliphatic hydroxyl groups excluding tert-OH is 1. The summed E-state index contributed by atoms with van der Waals surface area (Å²) < 4.78 is 0. The van der Waals surface area contributed by atoms with Crippen LogP contribution in [0.4, 0.5) is 17.3 Å². The van der Waals surface area contributed by atoms with Crippen molar-refractivity contribution in [2.24, 2.45) is 0 Å². The van der Waals surface area contributed by atoms with Gasteiger partial charge < -0.3 is 15.3 Å². The standard InChI is InChI=1S/C24H25ClN4O/c1-15(30)17-7-8-19-14-29(10-9-18(19)11-17)23-13-22(27-24(28-23)16-5-6-16)26-21-4-2-3-20(25)12-21/h2-4,7-8,11-13,15-16,30H,5-6,9-10,14H2,1H3,(H,26,27,28)/t15-/m0/s1. The summed E-state index contributed by atoms with van der Waals surface area (Å²) in [6, 6.07) is 16.0. The number of aliphatic hydroxyl groups is 1. The van der Waals surface area contributed by atoms with E-state index in [1.54, 1.807) is 0 Å². The van der Waals surface area contributed by atoms with E-state index in [0.717, 1.165) is 61.1 Å². The van der Waals surface area contributed by atoms with Crippen LogP contribution in [0, 0.1) is 0 Å². The van der Waals surface area contributed by atoms with Crippen molar-refractivity contribution in [1.82, 2.24) is 9.97 Å². The molecule has 6 heteroatoms. The Balaban J connectivity index is 1.43. The third-order valence-corrected chi connectivity index (χ3v) is 6.05. The Hall–Kier alpha value is -2.63. The molecule has 0 unspecified atom stereocenters. The number of hydrogen-bond acceptors (Lipinski definition) is 5. The molecule has 0 saturated heterocycles. The molecular formula is C24H25ClN4O. The Bertz CT molecular complexity index is 1080. The van der Waals surface area contributed by atoms with Crippen LogP contribution in [0.2, 0.25) is 5.02 Å². The van der Waals surface area contributed by atoms with Gasteiger partial charge in [-0.15, -0.1) is 0 Å². The SMILES string of the molecule is C[C@H](O)c1ccc2c(c1)CCN(c1cc(Nc3cccc(Cl)c3)nc(C3CC3)n1)C2. The molecular weight excluding hydrogens is 396 g/mol. The molecule has 0 radical (unpaired) electrons. The van der Waals surface area contributed by atoms with Gasteiger partial charge in [0, 0.05) is 35.8 Å². The van der Waals surface area contributed by atoms with Crippen molar-refractivity contribution in [2.45, 2.75) is 44.8 Å². The van der Waals surface area contributed by atoms with Gasteiger partial charge in [0.1, 0.15) is 17.5 Å². The molecule has 1 aliphatic heterocycles. The van der Waals surface area contributed by atoms with Crippen LogP contribution in [0.3, 0.4) is 0 Å². The number of aromatic nitrogens is 2. The molecule has 0 amide bonds. The Morgan fingerprint density at radius 2 is 1.97 bits per heavy atom. The van der Waals surface area contributed by atoms with Gasteiger partial charge in [0.05, 0.1) is 6.10 Å². The second-order valence-corrected chi connectivity index (χ2v) is 8.69. The predicted molar refractivity (Wildman–Crippen MR) is 121 cm³/mol. The Morgan fingerprint density at radius 3 is 2.73 bits per heavy atom. The van der Waals surface area contributed by atoms with Crippen molar-refractivity contribution < 1.29 is 5.11 Å². The first kappa shape index (κ1) is 19.3. The van der Waals surface area contributed by atoms with Crippen molar-refractivity contribution in [3.8, 4) is 0 Å². The molecule has 2 N–H and O–H groups in total. The second kappa shape index (κ2) is 7.89. The molecule has 2 aromatic carbocycles. The zero-order valence-electron chi connectivity index (χ0n) is 17.0. The zero-order chi connectivity index (χ0) is 20.7. The van der Waals surface area contributed by atoms with Gasteiger partial charge in [0.15, 0.2) is 0 Å². The van der Waals surface area contributed by atoms with Crippen LogP contribution in [0.25, 0.3) is 0 Å². The monoisotopic (exact) mass is 420 g/mol. The second-order valence-electron chi connectivity index (χ2n) is 8.25. The van der Waals surface area contributed by atoms with Crippen molar-refractivity contribution >= 4 is 28.9 Å². The number of halogens is 1. The van der Waals surface area contributed by atoms with Crippen LogP contribution >= 0.6 is 11.6 Å². The van der Waals surface area contributed by atoms with E-state index in [-0.39, 0.29) is 0 Å². The molecule has 0 bridgehead atoms. The molecule has 30 heavy (non-hydrogen) atoms. The molecule has 3 aromatic rings. The average molecular weight is 421 g/mol. The van der Waals surface area contributed by atoms with Gasteiger partial charge in [-0.3, -0.25) is 0 Å². The summed E-state index contributed by atoms with van der Waals surface area (Å²) in [5.74, 6) is 3.16. The van der Waals surface area contributed by atoms with Crippen LogP contribution in [0.1, 0.15) is 54.3 Å². The minimum Gasteiger partial charge on any atom is -0.389 e. The van der Waals surface area contributed by atoms with Gasteiger partial charge >= 0.3 is 0 Å². The molecule has 1 atom stereocenters. The van der Waals surface area contributed by atoms with E-state index in [1.165, 1.54) is 11.1 Å². The van der Waals surface area contributed by atoms with Crippen molar-refractivity contribution in [2.75, 3.05) is 16.8 Å². The zero-order valence-corrected chi connectivity index (χ0v) is 17.7. The first-order valence-corrected chi connectivity index (χ1v) is 10.9. The Morgan fingerprint density at radius 1 is 1.10 bits per heavy atom. The number of rotatable bonds is 5. The van der Waals surface area contributed by atoms with E-state index >= 15 is 0 Å². The summed E-state index contributed by atoms with van der Waals surface area (Å²) in [7, 11) is 0. The van der Waals surface area contributed by atoms with Gasteiger partial charge in [-0.05, 0) is 61.1 Å². The van der Waals surface area contributed by atoms with Gasteiger partial charge in [0.25, 0.3) is 0 Å². The Labute approximate surface area is 181 Å². The number of anilines is 3. The molecule has 1 aliphatic carbocycles. The van der Waals surface area contributed by atoms with Crippen LogP contribution in [-0.2, 0) is 13.0 Å². The normalized spacial score (nSPS) is 16.8. The van der Waals surface area contributed by atoms with E-state index in [1.807, 2.05) is 43.3 Å². The van der Waals surface area contributed by atoms with Crippen LogP contribution in [0.15, 0.2) is 48.5 Å². The average Bonchev–Trinajstić information content (AvgIpc) is 3.58. The first-order valence-electron chi connectivity index (χ1n) is 10.5. The van der Waals surface area contributed by atoms with Gasteiger partial charge in [-0.1, -0.05) is 35.9 Å². The maximum absolute atomic E-state index is 9.87. The first-order chi connectivity index (χ1) is 14.5. The van der Waals surface area contributed by atoms with Crippen LogP contribution < -0.4 is 10.2 Å². The third kappa shape index (κ3) is 4.13. The molecule has 2 aliphatic rings. The molecule has 5 nitrogen and oxygen atoms in total. The van der Waals surface area contributed by atoms with Crippen molar-refractivity contribution in [1.29, 1.82) is 0 Å².